The Kier molecular flexibility index (Phi) is 8.00. The van der Waals surface area contributed by atoms with E-state index in [0.717, 1.165) is 52.2 Å². The van der Waals surface area contributed by atoms with Crippen molar-refractivity contribution >= 4 is 26.4 Å². The third kappa shape index (κ3) is 6.04. The van der Waals surface area contributed by atoms with Crippen LogP contribution in [-0.4, -0.2) is 90.4 Å². The fraction of sp³-hybridized carbons (Fsp3) is 0.448. The van der Waals surface area contributed by atoms with Crippen LogP contribution in [0.25, 0.3) is 28.0 Å². The molecule has 0 saturated carbocycles. The second-order valence-electron chi connectivity index (χ2n) is 11.2. The molecule has 0 bridgehead atoms. The number of rotatable bonds is 10. The van der Waals surface area contributed by atoms with Gasteiger partial charge < -0.3 is 20.3 Å². The molecule has 1 aliphatic heterocycles. The maximum atomic E-state index is 11.9. The number of pyridine rings is 3. The van der Waals surface area contributed by atoms with Gasteiger partial charge >= 0.3 is 0 Å². The summed E-state index contributed by atoms with van der Waals surface area (Å²) in [5.41, 5.74) is 11.6. The second-order valence-corrected chi connectivity index (χ2v) is 13.4. The number of nitrogens with two attached hydrogens (primary N) is 1. The number of ether oxygens (including phenoxy) is 1. The summed E-state index contributed by atoms with van der Waals surface area (Å²) in [4.78, 5) is 18.4. The fourth-order valence-electron chi connectivity index (χ4n) is 5.39. The maximum Gasteiger partial charge on any atom is 0.156 e. The van der Waals surface area contributed by atoms with E-state index in [1.807, 2.05) is 50.0 Å². The lowest BCUT2D eigenvalue weighted by Crippen LogP contribution is -2.57. The molecule has 3 atom stereocenters. The minimum absolute atomic E-state index is 0.0660. The van der Waals surface area contributed by atoms with E-state index in [4.69, 9.17) is 25.5 Å². The molecule has 1 aliphatic rings. The van der Waals surface area contributed by atoms with Gasteiger partial charge in [-0.05, 0) is 59.1 Å². The zero-order valence-electron chi connectivity index (χ0n) is 24.4. The number of nitrogens with zero attached hydrogens (tertiary/aromatic N) is 7. The van der Waals surface area contributed by atoms with Crippen LogP contribution >= 0.6 is 0 Å². The van der Waals surface area contributed by atoms with Gasteiger partial charge in [0.25, 0.3) is 0 Å². The molecule has 4 aromatic rings. The molecular formula is C29H38N8O3S. The van der Waals surface area contributed by atoms with Crippen molar-refractivity contribution in [2.75, 3.05) is 51.2 Å². The topological polar surface area (TPSA) is 132 Å². The molecule has 1 saturated heterocycles. The minimum atomic E-state index is -3.06. The van der Waals surface area contributed by atoms with Crippen LogP contribution < -0.4 is 15.4 Å². The van der Waals surface area contributed by atoms with Crippen molar-refractivity contribution < 1.29 is 13.2 Å². The summed E-state index contributed by atoms with van der Waals surface area (Å²) in [6.45, 7) is 5.50. The molecule has 2 N–H and O–H groups in total. The first-order valence-electron chi connectivity index (χ1n) is 13.7. The number of hydrogen-bond donors (Lipinski definition) is 1. The highest BCUT2D eigenvalue weighted by Gasteiger charge is 2.38. The number of methoxy groups -OCH3 is 1. The van der Waals surface area contributed by atoms with Gasteiger partial charge in [-0.3, -0.25) is 9.97 Å². The Morgan fingerprint density at radius 3 is 2.66 bits per heavy atom. The Hall–Kier alpha value is -3.61. The minimum Gasteiger partial charge on any atom is -0.496 e. The van der Waals surface area contributed by atoms with E-state index < -0.39 is 9.84 Å². The van der Waals surface area contributed by atoms with E-state index in [-0.39, 0.29) is 23.8 Å². The zero-order valence-corrected chi connectivity index (χ0v) is 25.3. The van der Waals surface area contributed by atoms with E-state index in [2.05, 4.69) is 21.7 Å². The third-order valence-corrected chi connectivity index (χ3v) is 8.82. The molecule has 218 valence electrons. The van der Waals surface area contributed by atoms with Crippen LogP contribution in [0.3, 0.4) is 0 Å². The van der Waals surface area contributed by atoms with Gasteiger partial charge in [-0.2, -0.15) is 5.10 Å². The standard InChI is InChI=1S/C29H38N8O3S/c1-18-22-15-32-37(27(22)13-25(33-18)23-14-31-9-7-28(23)40-5)29-12-21(11-26(34-29)24(30)8-10-35(3)4)36-16-20(19(36)2)17-41(6,38)39/h7,9,11-15,19-20,24H,8,10,16-17,30H2,1-6H3/t19-,20-,24?/m1/s1. The summed E-state index contributed by atoms with van der Waals surface area (Å²) in [6, 6.07) is 7.61. The Morgan fingerprint density at radius 2 is 1.98 bits per heavy atom. The van der Waals surface area contributed by atoms with E-state index in [1.54, 1.807) is 25.7 Å². The highest BCUT2D eigenvalue weighted by Crippen LogP contribution is 2.35. The molecule has 1 fully saturated rings. The lowest BCUT2D eigenvalue weighted by atomic mass is 9.91. The summed E-state index contributed by atoms with van der Waals surface area (Å²) >= 11 is 0. The summed E-state index contributed by atoms with van der Waals surface area (Å²) in [7, 11) is 2.61. The predicted octanol–water partition coefficient (Wildman–Crippen LogP) is 3.02. The van der Waals surface area contributed by atoms with Gasteiger partial charge in [0.15, 0.2) is 5.82 Å². The van der Waals surface area contributed by atoms with Crippen LogP contribution in [0.4, 0.5) is 5.69 Å². The first-order chi connectivity index (χ1) is 19.4. The average Bonchev–Trinajstić information content (AvgIpc) is 3.37. The molecule has 11 nitrogen and oxygen atoms in total. The molecule has 4 aromatic heterocycles. The van der Waals surface area contributed by atoms with Crippen molar-refractivity contribution in [3.63, 3.8) is 0 Å². The van der Waals surface area contributed by atoms with Crippen molar-refractivity contribution in [1.82, 2.24) is 29.6 Å². The Morgan fingerprint density at radius 1 is 1.20 bits per heavy atom. The van der Waals surface area contributed by atoms with E-state index in [0.29, 0.717) is 18.1 Å². The Labute approximate surface area is 241 Å². The molecule has 12 heteroatoms. The van der Waals surface area contributed by atoms with Gasteiger partial charge in [0.05, 0.1) is 41.5 Å². The molecule has 1 unspecified atom stereocenters. The van der Waals surface area contributed by atoms with Crippen molar-refractivity contribution in [2.24, 2.45) is 11.7 Å². The van der Waals surface area contributed by atoms with Crippen LogP contribution in [0.15, 0.2) is 42.9 Å². The Balaban J connectivity index is 1.60. The van der Waals surface area contributed by atoms with Crippen LogP contribution in [0, 0.1) is 12.8 Å². The quantitative estimate of drug-likeness (QED) is 0.299. The predicted molar refractivity (Wildman–Crippen MR) is 161 cm³/mol. The molecule has 0 amide bonds. The van der Waals surface area contributed by atoms with Crippen LogP contribution in [-0.2, 0) is 9.84 Å². The summed E-state index contributed by atoms with van der Waals surface area (Å²) < 4.78 is 31.3. The highest BCUT2D eigenvalue weighted by molar-refractivity contribution is 7.90. The van der Waals surface area contributed by atoms with E-state index >= 15 is 0 Å². The number of aromatic nitrogens is 5. The smallest absolute Gasteiger partial charge is 0.156 e. The Bertz CT molecular complexity index is 1670. The first-order valence-corrected chi connectivity index (χ1v) is 15.7. The molecule has 5 rings (SSSR count). The van der Waals surface area contributed by atoms with E-state index in [9.17, 15) is 8.42 Å². The number of hydrogen-bond acceptors (Lipinski definition) is 10. The van der Waals surface area contributed by atoms with Crippen molar-refractivity contribution in [1.29, 1.82) is 0 Å². The molecule has 0 spiro atoms. The van der Waals surface area contributed by atoms with Crippen LogP contribution in [0.5, 0.6) is 5.75 Å². The van der Waals surface area contributed by atoms with Crippen LogP contribution in [0.1, 0.15) is 30.8 Å². The number of sulfone groups is 1. The van der Waals surface area contributed by atoms with E-state index in [1.165, 1.54) is 6.26 Å². The molecule has 0 aromatic carbocycles. The van der Waals surface area contributed by atoms with Gasteiger partial charge in [-0.1, -0.05) is 0 Å². The van der Waals surface area contributed by atoms with Gasteiger partial charge in [-0.15, -0.1) is 0 Å². The fourth-order valence-corrected chi connectivity index (χ4v) is 6.55. The number of fused-ring (bicyclic) bond motifs is 1. The van der Waals surface area contributed by atoms with Gasteiger partial charge in [-0.25, -0.2) is 18.1 Å². The van der Waals surface area contributed by atoms with Gasteiger partial charge in [0.1, 0.15) is 15.6 Å². The molecular weight excluding hydrogens is 540 g/mol. The summed E-state index contributed by atoms with van der Waals surface area (Å²) in [5.74, 6) is 1.57. The van der Waals surface area contributed by atoms with Crippen molar-refractivity contribution in [3.05, 3.63) is 54.2 Å². The first kappa shape index (κ1) is 28.9. The number of anilines is 1. The largest absolute Gasteiger partial charge is 0.496 e. The summed E-state index contributed by atoms with van der Waals surface area (Å²) in [5, 5.41) is 5.64. The summed E-state index contributed by atoms with van der Waals surface area (Å²) in [6.07, 6.45) is 7.26. The van der Waals surface area contributed by atoms with Crippen LogP contribution in [0.2, 0.25) is 0 Å². The van der Waals surface area contributed by atoms with Gasteiger partial charge in [0, 0.05) is 66.0 Å². The average molecular weight is 579 g/mol. The second kappa shape index (κ2) is 11.3. The van der Waals surface area contributed by atoms with Crippen molar-refractivity contribution in [2.45, 2.75) is 32.4 Å². The molecule has 0 radical (unpaired) electrons. The SMILES string of the molecule is COc1ccncc1-c1cc2c(cnn2-c2cc(N3C[C@H](CS(C)(=O)=O)[C@H]3C)cc(C(N)CCN(C)C)n2)c(C)n1. The zero-order chi connectivity index (χ0) is 29.5. The highest BCUT2D eigenvalue weighted by atomic mass is 32.2. The maximum absolute atomic E-state index is 11.9. The monoisotopic (exact) mass is 578 g/mol. The third-order valence-electron chi connectivity index (χ3n) is 7.79. The molecule has 0 aliphatic carbocycles. The molecule has 5 heterocycles. The van der Waals surface area contributed by atoms with Gasteiger partial charge in [0.2, 0.25) is 0 Å². The van der Waals surface area contributed by atoms with Crippen molar-refractivity contribution in [3.8, 4) is 22.8 Å². The lowest BCUT2D eigenvalue weighted by molar-refractivity contribution is 0.340. The molecule has 41 heavy (non-hydrogen) atoms. The number of aryl methyl sites for hydroxylation is 1. The lowest BCUT2D eigenvalue weighted by Gasteiger charge is -2.48. The normalized spacial score (nSPS) is 18.1.